The molecule has 2 aliphatic carbocycles. The van der Waals surface area contributed by atoms with Gasteiger partial charge in [-0.25, -0.2) is 4.79 Å². The van der Waals surface area contributed by atoms with Crippen LogP contribution in [0.15, 0.2) is 0 Å². The Balaban J connectivity index is 1.42. The van der Waals surface area contributed by atoms with Crippen LogP contribution in [0.3, 0.4) is 0 Å². The molecule has 2 amide bonds. The van der Waals surface area contributed by atoms with Crippen molar-refractivity contribution in [1.82, 2.24) is 15.1 Å². The molecule has 2 bridgehead atoms. The molecule has 6 nitrogen and oxygen atoms in total. The van der Waals surface area contributed by atoms with Gasteiger partial charge >= 0.3 is 12.0 Å². The van der Waals surface area contributed by atoms with E-state index in [4.69, 9.17) is 5.11 Å². The maximum absolute atomic E-state index is 12.5. The van der Waals surface area contributed by atoms with E-state index in [2.05, 4.69) is 5.32 Å². The van der Waals surface area contributed by atoms with Crippen molar-refractivity contribution >= 4 is 12.0 Å². The number of carbonyl (C=O) groups is 2. The van der Waals surface area contributed by atoms with Crippen molar-refractivity contribution in [3.8, 4) is 0 Å². The number of hydrogen-bond acceptors (Lipinski definition) is 3. The summed E-state index contributed by atoms with van der Waals surface area (Å²) in [7, 11) is 0. The van der Waals surface area contributed by atoms with Crippen molar-refractivity contribution in [2.45, 2.75) is 57.5 Å². The summed E-state index contributed by atoms with van der Waals surface area (Å²) in [6.07, 6.45) is 6.90. The summed E-state index contributed by atoms with van der Waals surface area (Å²) in [4.78, 5) is 27.3. The van der Waals surface area contributed by atoms with E-state index >= 15 is 0 Å². The molecule has 23 heavy (non-hydrogen) atoms. The Bertz CT molecular complexity index is 438. The Morgan fingerprint density at radius 2 is 1.83 bits per heavy atom. The van der Waals surface area contributed by atoms with Gasteiger partial charge in [0.25, 0.3) is 0 Å². The number of nitrogens with one attached hydrogen (secondary N) is 1. The van der Waals surface area contributed by atoms with Crippen molar-refractivity contribution in [2.24, 2.45) is 11.8 Å². The summed E-state index contributed by atoms with van der Waals surface area (Å²) in [6, 6.07) is 0.589. The minimum absolute atomic E-state index is 0.0892. The number of amides is 2. The second-order valence-electron chi connectivity index (χ2n) is 7.53. The van der Waals surface area contributed by atoms with Gasteiger partial charge in [-0.1, -0.05) is 13.3 Å². The van der Waals surface area contributed by atoms with Gasteiger partial charge in [-0.15, -0.1) is 0 Å². The maximum atomic E-state index is 12.5. The van der Waals surface area contributed by atoms with Gasteiger partial charge in [0.1, 0.15) is 0 Å². The molecule has 0 aromatic heterocycles. The van der Waals surface area contributed by atoms with Crippen LogP contribution in [-0.2, 0) is 4.79 Å². The van der Waals surface area contributed by atoms with Crippen LogP contribution < -0.4 is 5.32 Å². The predicted molar refractivity (Wildman–Crippen MR) is 87.2 cm³/mol. The van der Waals surface area contributed by atoms with Crippen LogP contribution in [0.1, 0.15) is 45.4 Å². The number of aliphatic carboxylic acids is 1. The smallest absolute Gasteiger partial charge is 0.317 e. The van der Waals surface area contributed by atoms with Crippen LogP contribution in [0.4, 0.5) is 4.79 Å². The number of fused-ring (bicyclic) bond motifs is 2. The predicted octanol–water partition coefficient (Wildman–Crippen LogP) is 1.76. The molecule has 0 aromatic rings. The molecule has 2 N–H and O–H groups in total. The lowest BCUT2D eigenvalue weighted by molar-refractivity contribution is -0.139. The first-order valence-electron chi connectivity index (χ1n) is 9.06. The number of carboxylic acids is 1. The molecule has 3 rings (SSSR count). The molecule has 1 aliphatic heterocycles. The van der Waals surface area contributed by atoms with Gasteiger partial charge in [-0.05, 0) is 50.5 Å². The van der Waals surface area contributed by atoms with E-state index in [9.17, 15) is 9.59 Å². The average molecular weight is 323 g/mol. The van der Waals surface area contributed by atoms with Gasteiger partial charge in [0.05, 0.1) is 6.54 Å². The number of rotatable bonds is 5. The van der Waals surface area contributed by atoms with Crippen LogP contribution >= 0.6 is 0 Å². The van der Waals surface area contributed by atoms with Gasteiger partial charge in [-0.3, -0.25) is 9.69 Å². The van der Waals surface area contributed by atoms with Gasteiger partial charge in [0.15, 0.2) is 0 Å². The lowest BCUT2D eigenvalue weighted by Crippen LogP contribution is -2.58. The number of hydrogen-bond donors (Lipinski definition) is 2. The highest BCUT2D eigenvalue weighted by molar-refractivity contribution is 5.75. The third-order valence-corrected chi connectivity index (χ3v) is 5.84. The molecule has 3 fully saturated rings. The summed E-state index contributed by atoms with van der Waals surface area (Å²) in [5.74, 6) is 0.626. The highest BCUT2D eigenvalue weighted by Crippen LogP contribution is 2.34. The first-order valence-corrected chi connectivity index (χ1v) is 9.06. The van der Waals surface area contributed by atoms with Crippen LogP contribution in [0.25, 0.3) is 0 Å². The minimum atomic E-state index is -0.779. The van der Waals surface area contributed by atoms with Crippen LogP contribution in [0.2, 0.25) is 0 Å². The van der Waals surface area contributed by atoms with Crippen molar-refractivity contribution in [3.05, 3.63) is 0 Å². The highest BCUT2D eigenvalue weighted by atomic mass is 16.4. The standard InChI is InChI=1S/C17H29N3O3/c1-2-19(11-16(21)22)15-7-14(8-15)18-17(23)20-9-12-4-3-5-13(6-12)10-20/h12-15H,2-11H2,1H3,(H,18,23)(H,21,22). The molecule has 2 unspecified atom stereocenters. The zero-order valence-corrected chi connectivity index (χ0v) is 14.0. The number of carboxylic acid groups (broad SMARTS) is 1. The number of carbonyl (C=O) groups excluding carboxylic acids is 1. The second kappa shape index (κ2) is 7.07. The normalized spacial score (nSPS) is 33.2. The second-order valence-corrected chi connectivity index (χ2v) is 7.53. The maximum Gasteiger partial charge on any atom is 0.317 e. The van der Waals surface area contributed by atoms with Gasteiger partial charge in [-0.2, -0.15) is 0 Å². The fourth-order valence-corrected chi connectivity index (χ4v) is 4.54. The quantitative estimate of drug-likeness (QED) is 0.808. The van der Waals surface area contributed by atoms with Gasteiger partial charge in [0, 0.05) is 25.2 Å². The first kappa shape index (κ1) is 16.6. The average Bonchev–Trinajstić information content (AvgIpc) is 2.47. The largest absolute Gasteiger partial charge is 0.480 e. The van der Waals surface area contributed by atoms with E-state index in [1.165, 1.54) is 25.7 Å². The third kappa shape index (κ3) is 3.97. The molecular weight excluding hydrogens is 294 g/mol. The Labute approximate surface area is 138 Å². The topological polar surface area (TPSA) is 72.9 Å². The molecule has 130 valence electrons. The van der Waals surface area contributed by atoms with E-state index in [1.807, 2.05) is 16.7 Å². The third-order valence-electron chi connectivity index (χ3n) is 5.84. The van der Waals surface area contributed by atoms with Crippen molar-refractivity contribution in [3.63, 3.8) is 0 Å². The van der Waals surface area contributed by atoms with E-state index < -0.39 is 5.97 Å². The molecule has 1 saturated heterocycles. The molecule has 3 aliphatic rings. The van der Waals surface area contributed by atoms with Crippen molar-refractivity contribution in [1.29, 1.82) is 0 Å². The van der Waals surface area contributed by atoms with E-state index in [0.717, 1.165) is 32.5 Å². The van der Waals surface area contributed by atoms with Crippen molar-refractivity contribution < 1.29 is 14.7 Å². The number of likely N-dealkylation sites (N-methyl/N-ethyl adjacent to an activating group) is 1. The molecule has 6 heteroatoms. The summed E-state index contributed by atoms with van der Waals surface area (Å²) in [5, 5.41) is 12.1. The van der Waals surface area contributed by atoms with Crippen LogP contribution in [-0.4, -0.2) is 65.2 Å². The molecular formula is C17H29N3O3. The Kier molecular flexibility index (Phi) is 5.09. The molecule has 2 saturated carbocycles. The Morgan fingerprint density at radius 1 is 1.17 bits per heavy atom. The fourth-order valence-electron chi connectivity index (χ4n) is 4.54. The highest BCUT2D eigenvalue weighted by Gasteiger charge is 2.37. The molecule has 0 radical (unpaired) electrons. The monoisotopic (exact) mass is 323 g/mol. The molecule has 0 spiro atoms. The van der Waals surface area contributed by atoms with Gasteiger partial charge in [0.2, 0.25) is 0 Å². The summed E-state index contributed by atoms with van der Waals surface area (Å²) >= 11 is 0. The lowest BCUT2D eigenvalue weighted by Gasteiger charge is -2.45. The SMILES string of the molecule is CCN(CC(=O)O)C1CC(NC(=O)N2CC3CCCC(C3)C2)C1. The first-order chi connectivity index (χ1) is 11.0. The number of piperidine rings is 1. The fraction of sp³-hybridized carbons (Fsp3) is 0.882. The zero-order valence-electron chi connectivity index (χ0n) is 14.0. The van der Waals surface area contributed by atoms with Gasteiger partial charge < -0.3 is 15.3 Å². The number of urea groups is 1. The number of likely N-dealkylation sites (tertiary alicyclic amines) is 1. The van der Waals surface area contributed by atoms with E-state index in [1.54, 1.807) is 0 Å². The molecule has 1 heterocycles. The lowest BCUT2D eigenvalue weighted by atomic mass is 9.78. The minimum Gasteiger partial charge on any atom is -0.480 e. The van der Waals surface area contributed by atoms with E-state index in [0.29, 0.717) is 17.9 Å². The summed E-state index contributed by atoms with van der Waals surface area (Å²) < 4.78 is 0. The number of nitrogens with zero attached hydrogens (tertiary/aromatic N) is 2. The summed E-state index contributed by atoms with van der Waals surface area (Å²) in [6.45, 7) is 4.66. The van der Waals surface area contributed by atoms with E-state index in [-0.39, 0.29) is 18.6 Å². The molecule has 0 aromatic carbocycles. The molecule has 2 atom stereocenters. The Hall–Kier alpha value is -1.30. The van der Waals surface area contributed by atoms with Crippen LogP contribution in [0, 0.1) is 11.8 Å². The zero-order chi connectivity index (χ0) is 16.4. The Morgan fingerprint density at radius 3 is 2.39 bits per heavy atom. The van der Waals surface area contributed by atoms with Crippen molar-refractivity contribution in [2.75, 3.05) is 26.2 Å². The van der Waals surface area contributed by atoms with Crippen LogP contribution in [0.5, 0.6) is 0 Å². The summed E-state index contributed by atoms with van der Waals surface area (Å²) in [5.41, 5.74) is 0.